The summed E-state index contributed by atoms with van der Waals surface area (Å²) in [5.74, 6) is -0.365. The number of ether oxygens (including phenoxy) is 1. The van der Waals surface area contributed by atoms with Gasteiger partial charge in [-0.25, -0.2) is 4.79 Å². The van der Waals surface area contributed by atoms with Gasteiger partial charge in [0, 0.05) is 13.0 Å². The number of likely N-dealkylation sites (tertiary alicyclic amines) is 1. The molecule has 1 aromatic carbocycles. The molecule has 0 aromatic heterocycles. The van der Waals surface area contributed by atoms with Gasteiger partial charge in [0.15, 0.2) is 6.04 Å². The Morgan fingerprint density at radius 3 is 2.59 bits per heavy atom. The maximum Gasteiger partial charge on any atom is 0.333 e. The molecule has 1 fully saturated rings. The Hall–Kier alpha value is -1.84. The first-order valence-electron chi connectivity index (χ1n) is 5.66. The van der Waals surface area contributed by atoms with Gasteiger partial charge in [0.1, 0.15) is 0 Å². The molecule has 1 unspecified atom stereocenters. The Balaban J connectivity index is 2.32. The van der Waals surface area contributed by atoms with E-state index in [2.05, 4.69) is 0 Å². The molecule has 1 aliphatic heterocycles. The van der Waals surface area contributed by atoms with Crippen LogP contribution in [-0.2, 0) is 14.3 Å². The summed E-state index contributed by atoms with van der Waals surface area (Å²) < 4.78 is 4.79. The summed E-state index contributed by atoms with van der Waals surface area (Å²) in [6.07, 6.45) is 1.32. The quantitative estimate of drug-likeness (QED) is 0.744. The molecule has 0 spiro atoms. The van der Waals surface area contributed by atoms with Crippen LogP contribution in [0.2, 0.25) is 0 Å². The van der Waals surface area contributed by atoms with Crippen molar-refractivity contribution in [2.75, 3.05) is 13.7 Å². The molecule has 1 aromatic rings. The summed E-state index contributed by atoms with van der Waals surface area (Å²) in [4.78, 5) is 25.2. The highest BCUT2D eigenvalue weighted by atomic mass is 16.5. The predicted molar refractivity (Wildman–Crippen MR) is 62.1 cm³/mol. The van der Waals surface area contributed by atoms with Crippen molar-refractivity contribution in [3.8, 4) is 0 Å². The number of esters is 1. The van der Waals surface area contributed by atoms with Crippen molar-refractivity contribution in [2.45, 2.75) is 18.9 Å². The minimum atomic E-state index is -0.601. The van der Waals surface area contributed by atoms with Gasteiger partial charge >= 0.3 is 5.97 Å². The van der Waals surface area contributed by atoms with Crippen LogP contribution in [0.15, 0.2) is 30.3 Å². The fraction of sp³-hybridized carbons (Fsp3) is 0.385. The lowest BCUT2D eigenvalue weighted by molar-refractivity contribution is -0.151. The van der Waals surface area contributed by atoms with E-state index < -0.39 is 6.04 Å². The Morgan fingerprint density at radius 2 is 2.06 bits per heavy atom. The number of hydrogen-bond acceptors (Lipinski definition) is 3. The molecule has 1 aliphatic rings. The third-order valence-electron chi connectivity index (χ3n) is 2.96. The third kappa shape index (κ3) is 2.30. The van der Waals surface area contributed by atoms with Crippen LogP contribution in [0.1, 0.15) is 24.4 Å². The van der Waals surface area contributed by atoms with E-state index in [1.165, 1.54) is 7.11 Å². The van der Waals surface area contributed by atoms with E-state index in [1.54, 1.807) is 4.90 Å². The second-order valence-electron chi connectivity index (χ2n) is 4.03. The predicted octanol–water partition coefficient (Wildman–Crippen LogP) is 1.52. The second kappa shape index (κ2) is 4.99. The topological polar surface area (TPSA) is 46.6 Å². The van der Waals surface area contributed by atoms with Gasteiger partial charge in [-0.2, -0.15) is 0 Å². The number of hydrogen-bond donors (Lipinski definition) is 0. The van der Waals surface area contributed by atoms with Crippen molar-refractivity contribution in [2.24, 2.45) is 0 Å². The van der Waals surface area contributed by atoms with E-state index >= 15 is 0 Å². The monoisotopic (exact) mass is 233 g/mol. The van der Waals surface area contributed by atoms with Crippen LogP contribution < -0.4 is 0 Å². The average Bonchev–Trinajstić information content (AvgIpc) is 2.77. The van der Waals surface area contributed by atoms with Gasteiger partial charge in [0.25, 0.3) is 0 Å². The highest BCUT2D eigenvalue weighted by molar-refractivity contribution is 5.86. The molecule has 0 aliphatic carbocycles. The van der Waals surface area contributed by atoms with Crippen LogP contribution >= 0.6 is 0 Å². The molecule has 0 N–H and O–H groups in total. The van der Waals surface area contributed by atoms with Crippen LogP contribution in [0.25, 0.3) is 0 Å². The van der Waals surface area contributed by atoms with E-state index in [9.17, 15) is 9.59 Å². The smallest absolute Gasteiger partial charge is 0.333 e. The molecule has 4 heteroatoms. The minimum Gasteiger partial charge on any atom is -0.467 e. The summed E-state index contributed by atoms with van der Waals surface area (Å²) in [7, 11) is 1.35. The van der Waals surface area contributed by atoms with E-state index in [0.29, 0.717) is 13.0 Å². The lowest BCUT2D eigenvalue weighted by atomic mass is 10.1. The van der Waals surface area contributed by atoms with Gasteiger partial charge in [-0.3, -0.25) is 4.79 Å². The Bertz CT molecular complexity index is 416. The number of methoxy groups -OCH3 is 1. The first-order chi connectivity index (χ1) is 8.24. The molecule has 4 nitrogen and oxygen atoms in total. The number of nitrogens with zero attached hydrogens (tertiary/aromatic N) is 1. The third-order valence-corrected chi connectivity index (χ3v) is 2.96. The first kappa shape index (κ1) is 11.6. The molecular formula is C13H15NO3. The molecule has 0 bridgehead atoms. The summed E-state index contributed by atoms with van der Waals surface area (Å²) in [6, 6.07) is 8.66. The van der Waals surface area contributed by atoms with Crippen molar-refractivity contribution >= 4 is 11.9 Å². The normalized spacial score (nSPS) is 17.0. The van der Waals surface area contributed by atoms with Gasteiger partial charge < -0.3 is 9.64 Å². The van der Waals surface area contributed by atoms with E-state index in [0.717, 1.165) is 12.0 Å². The number of carbonyl (C=O) groups excluding carboxylic acids is 2. The number of benzene rings is 1. The fourth-order valence-electron chi connectivity index (χ4n) is 2.13. The highest BCUT2D eigenvalue weighted by Crippen LogP contribution is 2.26. The zero-order chi connectivity index (χ0) is 12.3. The number of rotatable bonds is 3. The van der Waals surface area contributed by atoms with Crippen LogP contribution in [0.3, 0.4) is 0 Å². The Morgan fingerprint density at radius 1 is 1.35 bits per heavy atom. The van der Waals surface area contributed by atoms with E-state index in [-0.39, 0.29) is 11.9 Å². The molecule has 2 rings (SSSR count). The van der Waals surface area contributed by atoms with Gasteiger partial charge in [-0.15, -0.1) is 0 Å². The summed E-state index contributed by atoms with van der Waals surface area (Å²) >= 11 is 0. The van der Waals surface area contributed by atoms with Crippen molar-refractivity contribution in [1.29, 1.82) is 0 Å². The van der Waals surface area contributed by atoms with Crippen molar-refractivity contribution in [3.05, 3.63) is 35.9 Å². The lowest BCUT2D eigenvalue weighted by Crippen LogP contribution is -2.35. The molecule has 1 heterocycles. The fourth-order valence-corrected chi connectivity index (χ4v) is 2.13. The summed E-state index contributed by atoms with van der Waals surface area (Å²) in [6.45, 7) is 0.619. The summed E-state index contributed by atoms with van der Waals surface area (Å²) in [5.41, 5.74) is 0.801. The molecule has 90 valence electrons. The van der Waals surface area contributed by atoms with Crippen molar-refractivity contribution < 1.29 is 14.3 Å². The maximum absolute atomic E-state index is 11.8. The van der Waals surface area contributed by atoms with Crippen LogP contribution in [-0.4, -0.2) is 30.4 Å². The zero-order valence-corrected chi connectivity index (χ0v) is 9.76. The zero-order valence-electron chi connectivity index (χ0n) is 9.76. The number of carbonyl (C=O) groups is 2. The van der Waals surface area contributed by atoms with Gasteiger partial charge in [0.05, 0.1) is 7.11 Å². The van der Waals surface area contributed by atoms with Gasteiger partial charge in [-0.1, -0.05) is 30.3 Å². The first-order valence-corrected chi connectivity index (χ1v) is 5.66. The van der Waals surface area contributed by atoms with Gasteiger partial charge in [-0.05, 0) is 12.0 Å². The average molecular weight is 233 g/mol. The second-order valence-corrected chi connectivity index (χ2v) is 4.03. The highest BCUT2D eigenvalue weighted by Gasteiger charge is 2.34. The van der Waals surface area contributed by atoms with Crippen molar-refractivity contribution in [1.82, 2.24) is 4.90 Å². The Kier molecular flexibility index (Phi) is 3.42. The Labute approximate surface area is 100 Å². The van der Waals surface area contributed by atoms with Crippen molar-refractivity contribution in [3.63, 3.8) is 0 Å². The molecular weight excluding hydrogens is 218 g/mol. The largest absolute Gasteiger partial charge is 0.467 e. The lowest BCUT2D eigenvalue weighted by Gasteiger charge is -2.25. The van der Waals surface area contributed by atoms with Crippen LogP contribution in [0, 0.1) is 0 Å². The number of amides is 1. The summed E-state index contributed by atoms with van der Waals surface area (Å²) in [5, 5.41) is 0. The van der Waals surface area contributed by atoms with Crippen LogP contribution in [0.5, 0.6) is 0 Å². The standard InChI is InChI=1S/C13H15NO3/c1-17-13(16)12(10-6-3-2-4-7-10)14-9-5-8-11(14)15/h2-4,6-7,12H,5,8-9H2,1H3. The van der Waals surface area contributed by atoms with E-state index in [1.807, 2.05) is 30.3 Å². The molecule has 0 saturated carbocycles. The van der Waals surface area contributed by atoms with Gasteiger partial charge in [0.2, 0.25) is 5.91 Å². The van der Waals surface area contributed by atoms with Crippen LogP contribution in [0.4, 0.5) is 0 Å². The molecule has 17 heavy (non-hydrogen) atoms. The molecule has 1 amide bonds. The minimum absolute atomic E-state index is 0.0178. The molecule has 1 saturated heterocycles. The molecule has 0 radical (unpaired) electrons. The SMILES string of the molecule is COC(=O)C(c1ccccc1)N1CCCC1=O. The van der Waals surface area contributed by atoms with E-state index in [4.69, 9.17) is 4.74 Å². The molecule has 1 atom stereocenters. The maximum atomic E-state index is 11.8.